The molecule has 0 aliphatic carbocycles. The van der Waals surface area contributed by atoms with Crippen LogP contribution < -0.4 is 9.62 Å². The van der Waals surface area contributed by atoms with Crippen LogP contribution in [0.15, 0.2) is 54.6 Å². The minimum atomic E-state index is -4.01. The maximum absolute atomic E-state index is 13.7. The molecule has 0 unspecified atom stereocenters. The van der Waals surface area contributed by atoms with E-state index in [0.29, 0.717) is 17.7 Å². The fourth-order valence-corrected chi connectivity index (χ4v) is 4.53. The number of nitrogens with one attached hydrogen (secondary N) is 1. The van der Waals surface area contributed by atoms with Crippen LogP contribution in [-0.2, 0) is 26.3 Å². The smallest absolute Gasteiger partial charge is 0.304 e. The molecule has 2 aromatic carbocycles. The van der Waals surface area contributed by atoms with Crippen molar-refractivity contribution in [3.63, 3.8) is 0 Å². The molecule has 0 saturated carbocycles. The van der Waals surface area contributed by atoms with E-state index < -0.39 is 40.1 Å². The van der Waals surface area contributed by atoms with Crippen molar-refractivity contribution in [1.82, 2.24) is 14.5 Å². The van der Waals surface area contributed by atoms with E-state index in [1.54, 1.807) is 37.3 Å². The SMILES string of the molecule is CC[C@@H](C(=O)NC(C)(C)C)N(Cc1ccc(F)cc1)C(=O)CN(c1ccccc1)S(=O)(=O)N(C)C. The summed E-state index contributed by atoms with van der Waals surface area (Å²) in [6.45, 7) is 6.80. The number of amides is 2. The third-order valence-corrected chi connectivity index (χ3v) is 7.03. The Kier molecular flexibility index (Phi) is 9.39. The number of carbonyl (C=O) groups is 2. The molecule has 0 aliphatic heterocycles. The zero-order valence-electron chi connectivity index (χ0n) is 21.2. The van der Waals surface area contributed by atoms with E-state index >= 15 is 0 Å². The van der Waals surface area contributed by atoms with Gasteiger partial charge in [0.25, 0.3) is 0 Å². The second-order valence-corrected chi connectivity index (χ2v) is 11.5. The van der Waals surface area contributed by atoms with Gasteiger partial charge in [0, 0.05) is 26.2 Å². The van der Waals surface area contributed by atoms with Crippen LogP contribution in [0.4, 0.5) is 10.1 Å². The topological polar surface area (TPSA) is 90.0 Å². The molecule has 8 nitrogen and oxygen atoms in total. The second-order valence-electron chi connectivity index (χ2n) is 9.44. The second kappa shape index (κ2) is 11.6. The Morgan fingerprint density at radius 2 is 1.57 bits per heavy atom. The molecule has 0 fully saturated rings. The van der Waals surface area contributed by atoms with E-state index in [1.807, 2.05) is 20.8 Å². The van der Waals surface area contributed by atoms with Crippen molar-refractivity contribution in [3.8, 4) is 0 Å². The van der Waals surface area contributed by atoms with Crippen molar-refractivity contribution in [3.05, 3.63) is 66.0 Å². The Morgan fingerprint density at radius 1 is 1.00 bits per heavy atom. The molecule has 0 aliphatic rings. The van der Waals surface area contributed by atoms with Gasteiger partial charge >= 0.3 is 10.2 Å². The lowest BCUT2D eigenvalue weighted by atomic mass is 10.1. The van der Waals surface area contributed by atoms with Gasteiger partial charge in [-0.25, -0.2) is 8.70 Å². The molecule has 35 heavy (non-hydrogen) atoms. The van der Waals surface area contributed by atoms with Crippen molar-refractivity contribution in [1.29, 1.82) is 0 Å². The van der Waals surface area contributed by atoms with Crippen LogP contribution in [0.2, 0.25) is 0 Å². The van der Waals surface area contributed by atoms with Gasteiger partial charge in [-0.3, -0.25) is 9.59 Å². The van der Waals surface area contributed by atoms with Gasteiger partial charge in [0.15, 0.2) is 0 Å². The summed E-state index contributed by atoms with van der Waals surface area (Å²) in [4.78, 5) is 28.2. The van der Waals surface area contributed by atoms with E-state index in [-0.39, 0.29) is 12.5 Å². The van der Waals surface area contributed by atoms with Gasteiger partial charge in [0.05, 0.1) is 5.69 Å². The molecule has 2 amide bonds. The van der Waals surface area contributed by atoms with Crippen LogP contribution in [0.3, 0.4) is 0 Å². The van der Waals surface area contributed by atoms with Crippen molar-refractivity contribution < 1.29 is 22.4 Å². The summed E-state index contributed by atoms with van der Waals surface area (Å²) in [5.74, 6) is -1.33. The van der Waals surface area contributed by atoms with Gasteiger partial charge < -0.3 is 10.2 Å². The van der Waals surface area contributed by atoms with E-state index in [4.69, 9.17) is 0 Å². The summed E-state index contributed by atoms with van der Waals surface area (Å²) < 4.78 is 41.7. The Morgan fingerprint density at radius 3 is 2.06 bits per heavy atom. The summed E-state index contributed by atoms with van der Waals surface area (Å²) in [5, 5.41) is 2.90. The molecule has 0 saturated heterocycles. The summed E-state index contributed by atoms with van der Waals surface area (Å²) in [6.07, 6.45) is 0.306. The number of anilines is 1. The highest BCUT2D eigenvalue weighted by molar-refractivity contribution is 7.90. The summed E-state index contributed by atoms with van der Waals surface area (Å²) >= 11 is 0. The predicted octanol–water partition coefficient (Wildman–Crippen LogP) is 3.16. The average molecular weight is 507 g/mol. The fraction of sp³-hybridized carbons (Fsp3) is 0.440. The molecule has 0 bridgehead atoms. The first kappa shape index (κ1) is 28.3. The maximum atomic E-state index is 13.7. The summed E-state index contributed by atoms with van der Waals surface area (Å²) in [7, 11) is -1.24. The number of carbonyl (C=O) groups excluding carboxylic acids is 2. The fourth-order valence-electron chi connectivity index (χ4n) is 3.47. The molecule has 0 spiro atoms. The monoisotopic (exact) mass is 506 g/mol. The molecule has 1 N–H and O–H groups in total. The zero-order valence-corrected chi connectivity index (χ0v) is 22.0. The number of nitrogens with zero attached hydrogens (tertiary/aromatic N) is 3. The number of para-hydroxylation sites is 1. The number of halogens is 1. The largest absolute Gasteiger partial charge is 0.350 e. The molecule has 10 heteroatoms. The van der Waals surface area contributed by atoms with Crippen LogP contribution in [0.1, 0.15) is 39.7 Å². The van der Waals surface area contributed by atoms with Gasteiger partial charge in [-0.1, -0.05) is 37.3 Å². The lowest BCUT2D eigenvalue weighted by Crippen LogP contribution is -2.55. The number of benzene rings is 2. The average Bonchev–Trinajstić information content (AvgIpc) is 2.77. The van der Waals surface area contributed by atoms with Gasteiger partial charge in [-0.05, 0) is 57.0 Å². The summed E-state index contributed by atoms with van der Waals surface area (Å²) in [6, 6.07) is 13.1. The highest BCUT2D eigenvalue weighted by Gasteiger charge is 2.34. The van der Waals surface area contributed by atoms with E-state index in [9.17, 15) is 22.4 Å². The number of hydrogen-bond acceptors (Lipinski definition) is 4. The molecular formula is C25H35FN4O4S. The zero-order chi connectivity index (χ0) is 26.4. The first-order valence-corrected chi connectivity index (χ1v) is 12.8. The quantitative estimate of drug-likeness (QED) is 0.536. The molecule has 2 rings (SSSR count). The van der Waals surface area contributed by atoms with Crippen LogP contribution in [0.25, 0.3) is 0 Å². The Labute approximate surface area is 207 Å². The van der Waals surface area contributed by atoms with Crippen LogP contribution >= 0.6 is 0 Å². The highest BCUT2D eigenvalue weighted by Crippen LogP contribution is 2.21. The van der Waals surface area contributed by atoms with Crippen molar-refractivity contribution in [2.24, 2.45) is 0 Å². The highest BCUT2D eigenvalue weighted by atomic mass is 32.2. The number of rotatable bonds is 10. The first-order valence-electron chi connectivity index (χ1n) is 11.4. The molecule has 0 aromatic heterocycles. The van der Waals surface area contributed by atoms with Crippen molar-refractivity contribution in [2.75, 3.05) is 24.9 Å². The van der Waals surface area contributed by atoms with Gasteiger partial charge in [0.1, 0.15) is 18.4 Å². The van der Waals surface area contributed by atoms with Crippen LogP contribution in [0, 0.1) is 5.82 Å². The van der Waals surface area contributed by atoms with Crippen LogP contribution in [0.5, 0.6) is 0 Å². The van der Waals surface area contributed by atoms with Gasteiger partial charge in [-0.2, -0.15) is 12.7 Å². The molecule has 1 atom stereocenters. The van der Waals surface area contributed by atoms with E-state index in [2.05, 4.69) is 5.32 Å². The minimum absolute atomic E-state index is 0.0137. The molecule has 0 radical (unpaired) electrons. The maximum Gasteiger partial charge on any atom is 0.304 e. The number of hydrogen-bond donors (Lipinski definition) is 1. The van der Waals surface area contributed by atoms with Crippen molar-refractivity contribution >= 4 is 27.7 Å². The minimum Gasteiger partial charge on any atom is -0.350 e. The summed E-state index contributed by atoms with van der Waals surface area (Å²) in [5.41, 5.74) is 0.409. The lowest BCUT2D eigenvalue weighted by Gasteiger charge is -2.35. The Balaban J connectivity index is 2.48. The van der Waals surface area contributed by atoms with Gasteiger partial charge in [-0.15, -0.1) is 0 Å². The molecule has 0 heterocycles. The third kappa shape index (κ3) is 7.76. The Bertz CT molecular complexity index is 1100. The van der Waals surface area contributed by atoms with E-state index in [1.165, 1.54) is 43.3 Å². The first-order chi connectivity index (χ1) is 16.3. The van der Waals surface area contributed by atoms with Crippen LogP contribution in [-0.4, -0.2) is 61.7 Å². The third-order valence-electron chi connectivity index (χ3n) is 5.21. The Hall–Kier alpha value is -2.98. The van der Waals surface area contributed by atoms with Gasteiger partial charge in [0.2, 0.25) is 11.8 Å². The predicted molar refractivity (Wildman–Crippen MR) is 135 cm³/mol. The van der Waals surface area contributed by atoms with E-state index in [0.717, 1.165) is 8.61 Å². The van der Waals surface area contributed by atoms with Crippen molar-refractivity contribution in [2.45, 2.75) is 52.2 Å². The molecule has 192 valence electrons. The standard InChI is InChI=1S/C25H35FN4O4S/c1-7-22(24(32)27-25(2,3)4)29(17-19-13-15-20(26)16-14-19)23(31)18-30(35(33,34)28(5)6)21-11-9-8-10-12-21/h8-16,22H,7,17-18H2,1-6H3,(H,27,32)/t22-/m0/s1. The molecule has 2 aromatic rings. The lowest BCUT2D eigenvalue weighted by molar-refractivity contribution is -0.141. The molecular weight excluding hydrogens is 471 g/mol. The normalized spacial score (nSPS) is 12.8.